The van der Waals surface area contributed by atoms with Gasteiger partial charge < -0.3 is 23.9 Å². The minimum atomic E-state index is -0.496. The van der Waals surface area contributed by atoms with Gasteiger partial charge in [0.25, 0.3) is 0 Å². The van der Waals surface area contributed by atoms with Gasteiger partial charge in [-0.05, 0) is 44.2 Å². The fraction of sp³-hybridized carbons (Fsp3) is 0.571. The van der Waals surface area contributed by atoms with E-state index in [1.807, 2.05) is 61.5 Å². The molecule has 1 unspecified atom stereocenters. The third-order valence-corrected chi connectivity index (χ3v) is 4.68. The zero-order valence-electron chi connectivity index (χ0n) is 23.2. The number of amides is 1. The van der Waals surface area contributed by atoms with Gasteiger partial charge in [-0.1, -0.05) is 66.7 Å². The number of rotatable bonds is 7. The number of ether oxygens (including phenoxy) is 1. The molecule has 33 heavy (non-hydrogen) atoms. The molecule has 0 radical (unpaired) electrons. The summed E-state index contributed by atoms with van der Waals surface area (Å²) in [4.78, 5) is 16.5. The van der Waals surface area contributed by atoms with Crippen LogP contribution in [0.15, 0.2) is 24.3 Å². The summed E-state index contributed by atoms with van der Waals surface area (Å²) in [5.74, 6) is 0.768. The molecule has 4 nitrogen and oxygen atoms in total. The number of hydrogen-bond donors (Lipinski definition) is 1. The predicted molar refractivity (Wildman–Crippen MR) is 141 cm³/mol. The third-order valence-electron chi connectivity index (χ3n) is 4.68. The second kappa shape index (κ2) is 23.3. The van der Waals surface area contributed by atoms with E-state index >= 15 is 0 Å². The molecular weight excluding hydrogens is 435 g/mol. The number of carbonyl (C=O) groups excluding carboxylic acids is 1. The van der Waals surface area contributed by atoms with Crippen molar-refractivity contribution in [2.75, 3.05) is 13.2 Å². The van der Waals surface area contributed by atoms with Crippen LogP contribution in [0.1, 0.15) is 98.0 Å². The van der Waals surface area contributed by atoms with Crippen molar-refractivity contribution in [2.45, 2.75) is 87.5 Å². The number of carbonyl (C=O) groups is 1. The largest absolute Gasteiger partial charge is 1.00 e. The molecule has 0 aromatic carbocycles. The van der Waals surface area contributed by atoms with Crippen molar-refractivity contribution in [3.8, 4) is 5.75 Å². The smallest absolute Gasteiger partial charge is 0.491 e. The Labute approximate surface area is 247 Å². The van der Waals surface area contributed by atoms with Gasteiger partial charge in [0.2, 0.25) is 0 Å². The fourth-order valence-electron chi connectivity index (χ4n) is 3.22. The number of allylic oxidation sites excluding steroid dienone is 4. The molecule has 1 atom stereocenters. The summed E-state index contributed by atoms with van der Waals surface area (Å²) in [6.45, 7) is 26.8. The molecule has 2 heterocycles. The van der Waals surface area contributed by atoms with E-state index in [0.717, 1.165) is 42.2 Å². The van der Waals surface area contributed by atoms with Crippen molar-refractivity contribution >= 4 is 11.5 Å². The number of nitrogens with one attached hydrogen (secondary N) is 1. The van der Waals surface area contributed by atoms with Crippen LogP contribution < -0.4 is 61.4 Å². The molecule has 0 aliphatic carbocycles. The first-order chi connectivity index (χ1) is 15.5. The summed E-state index contributed by atoms with van der Waals surface area (Å²) in [5, 5.41) is 2.86. The second-order valence-electron chi connectivity index (χ2n) is 6.60. The Morgan fingerprint density at radius 1 is 1.21 bits per heavy atom. The maximum atomic E-state index is 11.7. The third kappa shape index (κ3) is 12.7. The summed E-state index contributed by atoms with van der Waals surface area (Å²) in [5.41, 5.74) is 4.16. The average Bonchev–Trinajstić information content (AvgIpc) is 2.85. The minimum absolute atomic E-state index is 0. The SMILES string of the molecule is CC.CC.CC.[CH2-]C([CH2-])C(=O)NCCc1cc2c(c(C(/C=C\C)=C/C)n1)OCCC2CC.[K+]. The van der Waals surface area contributed by atoms with E-state index in [9.17, 15) is 4.79 Å². The Morgan fingerprint density at radius 3 is 2.30 bits per heavy atom. The molecule has 184 valence electrons. The van der Waals surface area contributed by atoms with Gasteiger partial charge in [0.05, 0.1) is 6.61 Å². The van der Waals surface area contributed by atoms with E-state index in [-0.39, 0.29) is 57.3 Å². The van der Waals surface area contributed by atoms with Gasteiger partial charge in [0, 0.05) is 24.2 Å². The molecule has 1 N–H and O–H groups in total. The molecule has 1 amide bonds. The van der Waals surface area contributed by atoms with Gasteiger partial charge in [-0.2, -0.15) is 0 Å². The van der Waals surface area contributed by atoms with Gasteiger partial charge in [0.15, 0.2) is 5.91 Å². The number of fused-ring (bicyclic) bond motifs is 1. The molecule has 1 aromatic heterocycles. The molecular formula is C28H48KN2O2-. The van der Waals surface area contributed by atoms with Crippen molar-refractivity contribution in [1.29, 1.82) is 0 Å². The maximum Gasteiger partial charge on any atom is 1.00 e. The van der Waals surface area contributed by atoms with E-state index in [0.29, 0.717) is 18.9 Å². The normalized spacial score (nSPS) is 14.2. The van der Waals surface area contributed by atoms with Crippen molar-refractivity contribution in [2.24, 2.45) is 5.92 Å². The van der Waals surface area contributed by atoms with E-state index in [1.165, 1.54) is 5.56 Å². The van der Waals surface area contributed by atoms with Crippen LogP contribution in [0, 0.1) is 19.8 Å². The first-order valence-corrected chi connectivity index (χ1v) is 12.4. The molecule has 1 aliphatic rings. The van der Waals surface area contributed by atoms with Crippen molar-refractivity contribution in [3.05, 3.63) is 55.1 Å². The molecule has 0 bridgehead atoms. The van der Waals surface area contributed by atoms with Crippen LogP contribution in [0.3, 0.4) is 0 Å². The van der Waals surface area contributed by atoms with Crippen molar-refractivity contribution in [1.82, 2.24) is 10.3 Å². The Bertz CT molecular complexity index is 697. The Hall–Kier alpha value is -0.464. The quantitative estimate of drug-likeness (QED) is 0.356. The molecule has 2 rings (SSSR count). The van der Waals surface area contributed by atoms with Gasteiger partial charge in [0.1, 0.15) is 11.4 Å². The zero-order chi connectivity index (χ0) is 25.1. The second-order valence-corrected chi connectivity index (χ2v) is 6.60. The molecule has 0 saturated heterocycles. The first-order valence-electron chi connectivity index (χ1n) is 12.4. The molecule has 0 spiro atoms. The predicted octanol–water partition coefficient (Wildman–Crippen LogP) is 4.36. The van der Waals surface area contributed by atoms with E-state index in [1.54, 1.807) is 0 Å². The monoisotopic (exact) mass is 483 g/mol. The van der Waals surface area contributed by atoms with Gasteiger partial charge in [-0.15, -0.1) is 0 Å². The van der Waals surface area contributed by atoms with Crippen LogP contribution in [0.4, 0.5) is 0 Å². The summed E-state index contributed by atoms with van der Waals surface area (Å²) >= 11 is 0. The number of nitrogens with zero attached hydrogens (tertiary/aromatic N) is 1. The Balaban J connectivity index is -0.00000119. The molecule has 0 fully saturated rings. The molecule has 1 aromatic rings. The van der Waals surface area contributed by atoms with Crippen molar-refractivity contribution < 1.29 is 60.9 Å². The van der Waals surface area contributed by atoms with Crippen LogP contribution in [0.25, 0.3) is 5.57 Å². The number of aromatic nitrogens is 1. The fourth-order valence-corrected chi connectivity index (χ4v) is 3.22. The number of hydrogen-bond acceptors (Lipinski definition) is 3. The van der Waals surface area contributed by atoms with Crippen LogP contribution in [-0.2, 0) is 11.2 Å². The van der Waals surface area contributed by atoms with Crippen LogP contribution in [0.2, 0.25) is 0 Å². The van der Waals surface area contributed by atoms with E-state index in [2.05, 4.69) is 44.3 Å². The molecule has 0 saturated carbocycles. The zero-order valence-corrected chi connectivity index (χ0v) is 26.3. The van der Waals surface area contributed by atoms with E-state index in [4.69, 9.17) is 9.72 Å². The Morgan fingerprint density at radius 2 is 1.82 bits per heavy atom. The van der Waals surface area contributed by atoms with Crippen molar-refractivity contribution in [3.63, 3.8) is 0 Å². The summed E-state index contributed by atoms with van der Waals surface area (Å²) in [7, 11) is 0. The van der Waals surface area contributed by atoms with Crippen LogP contribution >= 0.6 is 0 Å². The Kier molecular flexibility index (Phi) is 26.2. The number of pyridine rings is 1. The molecule has 1 aliphatic heterocycles. The standard InChI is InChI=1S/C22H30N2O2.3C2H6.K/c1-6-9-17(8-3)20-21-19(16(7-2)11-13-26-21)14-18(24-20)10-12-23-22(25)15(4)5;3*1-2;/h6,8-9,14-16H,4-5,7,10-13H2,1-3H3,(H,23,25);3*1-2H3;/q-2;;;;+1/b9-6-,17-8+;;;;. The first kappa shape index (κ1) is 37.1. The van der Waals surface area contributed by atoms with Crippen LogP contribution in [0.5, 0.6) is 5.75 Å². The summed E-state index contributed by atoms with van der Waals surface area (Å²) < 4.78 is 6.02. The average molecular weight is 484 g/mol. The summed E-state index contributed by atoms with van der Waals surface area (Å²) in [6.07, 6.45) is 8.91. The summed E-state index contributed by atoms with van der Waals surface area (Å²) in [6, 6.07) is 2.15. The van der Waals surface area contributed by atoms with E-state index < -0.39 is 5.92 Å². The van der Waals surface area contributed by atoms with Crippen LogP contribution in [-0.4, -0.2) is 24.0 Å². The van der Waals surface area contributed by atoms with Gasteiger partial charge in [-0.3, -0.25) is 4.79 Å². The maximum absolute atomic E-state index is 11.7. The van der Waals surface area contributed by atoms with Gasteiger partial charge in [-0.25, -0.2) is 10.9 Å². The topological polar surface area (TPSA) is 51.2 Å². The molecule has 5 heteroatoms. The van der Waals surface area contributed by atoms with Gasteiger partial charge >= 0.3 is 51.4 Å². The minimum Gasteiger partial charge on any atom is -0.491 e.